The van der Waals surface area contributed by atoms with Gasteiger partial charge in [0.15, 0.2) is 0 Å². The van der Waals surface area contributed by atoms with Gasteiger partial charge >= 0.3 is 5.97 Å². The van der Waals surface area contributed by atoms with Crippen molar-refractivity contribution in [3.63, 3.8) is 0 Å². The summed E-state index contributed by atoms with van der Waals surface area (Å²) in [6.45, 7) is 2.04. The Labute approximate surface area is 128 Å². The average molecular weight is 311 g/mol. The summed E-state index contributed by atoms with van der Waals surface area (Å²) in [5.41, 5.74) is 0. The molecule has 2 rings (SSSR count). The van der Waals surface area contributed by atoms with Gasteiger partial charge in [-0.3, -0.25) is 9.59 Å². The van der Waals surface area contributed by atoms with Crippen LogP contribution in [0.2, 0.25) is 0 Å². The third-order valence-corrected chi connectivity index (χ3v) is 4.60. The first-order valence-corrected chi connectivity index (χ1v) is 8.12. The standard InChI is InChI=1S/C15H21NO4S/c1-10-4-5-11(20-10)6-7-14(17)16-12(9-15(18)19)13-3-2-8-21-13/h2-3,8,10-12H,4-7,9H2,1H3,(H,16,17)(H,18,19). The quantitative estimate of drug-likeness (QED) is 0.812. The molecule has 2 heterocycles. The fourth-order valence-corrected chi connectivity index (χ4v) is 3.32. The van der Waals surface area contributed by atoms with Gasteiger partial charge in [0.05, 0.1) is 24.7 Å². The molecular weight excluding hydrogens is 290 g/mol. The Morgan fingerprint density at radius 3 is 2.90 bits per heavy atom. The van der Waals surface area contributed by atoms with Gasteiger partial charge in [-0.25, -0.2) is 0 Å². The third kappa shape index (κ3) is 5.13. The number of amides is 1. The van der Waals surface area contributed by atoms with Crippen molar-refractivity contribution in [2.75, 3.05) is 0 Å². The van der Waals surface area contributed by atoms with E-state index in [0.29, 0.717) is 12.8 Å². The highest BCUT2D eigenvalue weighted by Crippen LogP contribution is 2.24. The Bertz CT molecular complexity index is 474. The topological polar surface area (TPSA) is 75.6 Å². The van der Waals surface area contributed by atoms with Crippen LogP contribution in [0.25, 0.3) is 0 Å². The molecule has 1 amide bonds. The van der Waals surface area contributed by atoms with E-state index in [2.05, 4.69) is 5.32 Å². The molecule has 2 N–H and O–H groups in total. The summed E-state index contributed by atoms with van der Waals surface area (Å²) in [7, 11) is 0. The van der Waals surface area contributed by atoms with E-state index >= 15 is 0 Å². The number of hydrogen-bond acceptors (Lipinski definition) is 4. The van der Waals surface area contributed by atoms with Gasteiger partial charge in [0.2, 0.25) is 5.91 Å². The Morgan fingerprint density at radius 1 is 1.52 bits per heavy atom. The van der Waals surface area contributed by atoms with Crippen LogP contribution in [0.15, 0.2) is 17.5 Å². The number of carboxylic acid groups (broad SMARTS) is 1. The summed E-state index contributed by atoms with van der Waals surface area (Å²) in [5.74, 6) is -1.03. The number of aliphatic carboxylic acids is 1. The van der Waals surface area contributed by atoms with Crippen molar-refractivity contribution in [2.24, 2.45) is 0 Å². The molecule has 1 aliphatic rings. The highest BCUT2D eigenvalue weighted by atomic mass is 32.1. The summed E-state index contributed by atoms with van der Waals surface area (Å²) in [4.78, 5) is 23.8. The van der Waals surface area contributed by atoms with Crippen LogP contribution in [0.3, 0.4) is 0 Å². The van der Waals surface area contributed by atoms with Crippen molar-refractivity contribution in [3.8, 4) is 0 Å². The Morgan fingerprint density at radius 2 is 2.33 bits per heavy atom. The van der Waals surface area contributed by atoms with Crippen molar-refractivity contribution in [2.45, 2.75) is 57.3 Å². The Hall–Kier alpha value is -1.40. The van der Waals surface area contributed by atoms with E-state index in [-0.39, 0.29) is 24.5 Å². The normalized spacial score (nSPS) is 22.9. The number of hydrogen-bond donors (Lipinski definition) is 2. The van der Waals surface area contributed by atoms with Gasteiger partial charge in [0.25, 0.3) is 0 Å². The van der Waals surface area contributed by atoms with Crippen LogP contribution in [0.1, 0.15) is 49.9 Å². The molecule has 0 spiro atoms. The molecule has 21 heavy (non-hydrogen) atoms. The van der Waals surface area contributed by atoms with Crippen molar-refractivity contribution in [1.29, 1.82) is 0 Å². The van der Waals surface area contributed by atoms with Crippen molar-refractivity contribution < 1.29 is 19.4 Å². The number of carbonyl (C=O) groups is 2. The van der Waals surface area contributed by atoms with Crippen LogP contribution in [0, 0.1) is 0 Å². The van der Waals surface area contributed by atoms with Crippen LogP contribution in [-0.2, 0) is 14.3 Å². The number of ether oxygens (including phenoxy) is 1. The molecule has 0 aromatic carbocycles. The SMILES string of the molecule is CC1CCC(CCC(=O)NC(CC(=O)O)c2cccs2)O1. The smallest absolute Gasteiger partial charge is 0.305 e. The lowest BCUT2D eigenvalue weighted by Gasteiger charge is -2.16. The molecule has 1 fully saturated rings. The lowest BCUT2D eigenvalue weighted by molar-refractivity contribution is -0.137. The second-order valence-corrected chi connectivity index (χ2v) is 6.40. The number of carbonyl (C=O) groups excluding carboxylic acids is 1. The number of carboxylic acids is 1. The fraction of sp³-hybridized carbons (Fsp3) is 0.600. The zero-order valence-electron chi connectivity index (χ0n) is 12.1. The summed E-state index contributed by atoms with van der Waals surface area (Å²) < 4.78 is 5.68. The molecule has 1 aromatic heterocycles. The van der Waals surface area contributed by atoms with Crippen LogP contribution >= 0.6 is 11.3 Å². The van der Waals surface area contributed by atoms with Crippen molar-refractivity contribution in [3.05, 3.63) is 22.4 Å². The number of nitrogens with one attached hydrogen (secondary N) is 1. The molecule has 0 bridgehead atoms. The number of thiophene rings is 1. The second kappa shape index (κ2) is 7.56. The van der Waals surface area contributed by atoms with Gasteiger partial charge in [-0.1, -0.05) is 6.07 Å². The first kappa shape index (κ1) is 16.0. The van der Waals surface area contributed by atoms with Gasteiger partial charge in [0.1, 0.15) is 0 Å². The van der Waals surface area contributed by atoms with Gasteiger partial charge in [-0.15, -0.1) is 11.3 Å². The van der Waals surface area contributed by atoms with Crippen molar-refractivity contribution >= 4 is 23.2 Å². The molecule has 6 heteroatoms. The number of rotatable bonds is 7. The Balaban J connectivity index is 1.82. The molecule has 116 valence electrons. The second-order valence-electron chi connectivity index (χ2n) is 5.42. The van der Waals surface area contributed by atoms with Gasteiger partial charge in [-0.2, -0.15) is 0 Å². The van der Waals surface area contributed by atoms with E-state index < -0.39 is 12.0 Å². The van der Waals surface area contributed by atoms with E-state index in [9.17, 15) is 9.59 Å². The van der Waals surface area contributed by atoms with Gasteiger partial charge in [-0.05, 0) is 37.6 Å². The van der Waals surface area contributed by atoms with Crippen molar-refractivity contribution in [1.82, 2.24) is 5.32 Å². The van der Waals surface area contributed by atoms with E-state index in [1.165, 1.54) is 11.3 Å². The van der Waals surface area contributed by atoms with E-state index in [1.54, 1.807) is 0 Å². The minimum atomic E-state index is -0.915. The summed E-state index contributed by atoms with van der Waals surface area (Å²) >= 11 is 1.46. The first-order chi connectivity index (χ1) is 10.0. The lowest BCUT2D eigenvalue weighted by atomic mass is 10.1. The Kier molecular flexibility index (Phi) is 5.76. The van der Waals surface area contributed by atoms with Crippen LogP contribution in [0.4, 0.5) is 0 Å². The van der Waals surface area contributed by atoms with Gasteiger partial charge in [0, 0.05) is 11.3 Å². The highest BCUT2D eigenvalue weighted by molar-refractivity contribution is 7.10. The minimum Gasteiger partial charge on any atom is -0.481 e. The monoisotopic (exact) mass is 311 g/mol. The molecule has 0 radical (unpaired) electrons. The maximum atomic E-state index is 12.0. The summed E-state index contributed by atoms with van der Waals surface area (Å²) in [6, 6.07) is 3.26. The van der Waals surface area contributed by atoms with Gasteiger partial charge < -0.3 is 15.2 Å². The highest BCUT2D eigenvalue weighted by Gasteiger charge is 2.23. The summed E-state index contributed by atoms with van der Waals surface area (Å²) in [6.07, 6.45) is 3.46. The maximum absolute atomic E-state index is 12.0. The molecular formula is C15H21NO4S. The minimum absolute atomic E-state index is 0.0940. The molecule has 1 aliphatic heterocycles. The van der Waals surface area contributed by atoms with Crippen LogP contribution in [-0.4, -0.2) is 29.2 Å². The molecule has 5 nitrogen and oxygen atoms in total. The van der Waals surface area contributed by atoms with E-state index in [0.717, 1.165) is 17.7 Å². The van der Waals surface area contributed by atoms with Crippen LogP contribution in [0.5, 0.6) is 0 Å². The maximum Gasteiger partial charge on any atom is 0.305 e. The van der Waals surface area contributed by atoms with Crippen LogP contribution < -0.4 is 5.32 Å². The molecule has 3 unspecified atom stereocenters. The first-order valence-electron chi connectivity index (χ1n) is 7.24. The molecule has 1 aromatic rings. The molecule has 0 saturated carbocycles. The lowest BCUT2D eigenvalue weighted by Crippen LogP contribution is -2.30. The largest absolute Gasteiger partial charge is 0.481 e. The zero-order chi connectivity index (χ0) is 15.2. The summed E-state index contributed by atoms with van der Waals surface area (Å²) in [5, 5.41) is 13.7. The van der Waals surface area contributed by atoms with E-state index in [4.69, 9.17) is 9.84 Å². The molecule has 0 aliphatic carbocycles. The zero-order valence-corrected chi connectivity index (χ0v) is 12.9. The molecule has 1 saturated heterocycles. The molecule has 3 atom stereocenters. The fourth-order valence-electron chi connectivity index (χ4n) is 2.54. The van der Waals surface area contributed by atoms with E-state index in [1.807, 2.05) is 24.4 Å². The predicted octanol–water partition coefficient (Wildman–Crippen LogP) is 2.73. The third-order valence-electron chi connectivity index (χ3n) is 3.61. The average Bonchev–Trinajstić information content (AvgIpc) is 3.06. The predicted molar refractivity (Wildman–Crippen MR) is 80.3 cm³/mol.